The van der Waals surface area contributed by atoms with Crippen molar-refractivity contribution in [3.05, 3.63) is 21.8 Å². The van der Waals surface area contributed by atoms with Gasteiger partial charge >= 0.3 is 0 Å². The van der Waals surface area contributed by atoms with Crippen molar-refractivity contribution in [3.8, 4) is 0 Å². The Labute approximate surface area is 192 Å². The first-order valence-corrected chi connectivity index (χ1v) is 10.8. The maximum atomic E-state index is 12.9. The van der Waals surface area contributed by atoms with E-state index in [0.29, 0.717) is 27.5 Å². The van der Waals surface area contributed by atoms with E-state index in [1.165, 1.54) is 11.9 Å². The molecule has 0 fully saturated rings. The van der Waals surface area contributed by atoms with Crippen LogP contribution in [0.2, 0.25) is 0 Å². The molecule has 0 aliphatic carbocycles. The van der Waals surface area contributed by atoms with Crippen molar-refractivity contribution in [2.24, 2.45) is 0 Å². The zero-order chi connectivity index (χ0) is 20.0. The Kier molecular flexibility index (Phi) is 10.3. The zero-order valence-corrected chi connectivity index (χ0v) is 20.6. The van der Waals surface area contributed by atoms with Crippen LogP contribution < -0.4 is 10.6 Å². The number of carbonyl (C=O) groups is 2. The molecule has 11 heteroatoms. The van der Waals surface area contributed by atoms with E-state index in [0.717, 1.165) is 0 Å². The molecular formula is C15H20I3N3O5. The van der Waals surface area contributed by atoms with Gasteiger partial charge in [-0.15, -0.1) is 0 Å². The van der Waals surface area contributed by atoms with Gasteiger partial charge in [-0.1, -0.05) is 0 Å². The molecule has 2 amide bonds. The molecule has 0 aliphatic heterocycles. The summed E-state index contributed by atoms with van der Waals surface area (Å²) < 4.78 is 1.82. The number of halogens is 3. The largest absolute Gasteiger partial charge is 0.395 e. The summed E-state index contributed by atoms with van der Waals surface area (Å²) in [7, 11) is 3.23. The highest BCUT2D eigenvalue weighted by atomic mass is 127. The van der Waals surface area contributed by atoms with E-state index in [1.54, 1.807) is 7.05 Å². The van der Waals surface area contributed by atoms with Gasteiger partial charge in [0.2, 0.25) is 0 Å². The lowest BCUT2D eigenvalue weighted by molar-refractivity contribution is 0.0519. The lowest BCUT2D eigenvalue weighted by Gasteiger charge is -2.24. The van der Waals surface area contributed by atoms with Gasteiger partial charge in [0.25, 0.3) is 11.8 Å². The number of anilines is 1. The first kappa shape index (κ1) is 24.1. The normalized spacial score (nSPS) is 11.8. The first-order valence-electron chi connectivity index (χ1n) is 7.52. The summed E-state index contributed by atoms with van der Waals surface area (Å²) in [5.74, 6) is -0.747. The molecule has 146 valence electrons. The quantitative estimate of drug-likeness (QED) is 0.255. The Morgan fingerprint density at radius 1 is 1.12 bits per heavy atom. The Morgan fingerprint density at radius 3 is 2.19 bits per heavy atom. The van der Waals surface area contributed by atoms with Crippen LogP contribution in [-0.2, 0) is 0 Å². The fraction of sp³-hybridized carbons (Fsp3) is 0.467. The minimum Gasteiger partial charge on any atom is -0.395 e. The smallest absolute Gasteiger partial charge is 0.255 e. The van der Waals surface area contributed by atoms with Crippen LogP contribution in [0.5, 0.6) is 0 Å². The molecule has 1 atom stereocenters. The number of benzene rings is 1. The number of carbonyl (C=O) groups excluding carboxylic acids is 2. The van der Waals surface area contributed by atoms with E-state index in [4.69, 9.17) is 10.2 Å². The number of likely N-dealkylation sites (N-methyl/N-ethyl adjacent to an activating group) is 1. The molecule has 1 aromatic rings. The van der Waals surface area contributed by atoms with Gasteiger partial charge in [0, 0.05) is 30.8 Å². The average molecular weight is 703 g/mol. The van der Waals surface area contributed by atoms with Crippen molar-refractivity contribution >= 4 is 85.3 Å². The molecule has 0 radical (unpaired) electrons. The van der Waals surface area contributed by atoms with Gasteiger partial charge < -0.3 is 30.9 Å². The Morgan fingerprint density at radius 2 is 1.69 bits per heavy atom. The summed E-state index contributed by atoms with van der Waals surface area (Å²) in [5, 5.41) is 33.1. The van der Waals surface area contributed by atoms with Gasteiger partial charge in [0.15, 0.2) is 0 Å². The lowest BCUT2D eigenvalue weighted by Crippen LogP contribution is -2.37. The van der Waals surface area contributed by atoms with Crippen LogP contribution in [0.3, 0.4) is 0 Å². The fourth-order valence-electron chi connectivity index (χ4n) is 2.18. The molecule has 0 aromatic heterocycles. The maximum Gasteiger partial charge on any atom is 0.255 e. The molecule has 1 rings (SSSR count). The van der Waals surface area contributed by atoms with Crippen LogP contribution in [0, 0.1) is 10.7 Å². The molecule has 8 nitrogen and oxygen atoms in total. The molecule has 1 unspecified atom stereocenters. The number of nitrogens with zero attached hydrogens (tertiary/aromatic N) is 1. The molecule has 5 N–H and O–H groups in total. The van der Waals surface area contributed by atoms with Crippen molar-refractivity contribution in [1.29, 1.82) is 0 Å². The Balaban J connectivity index is 3.47. The number of aliphatic hydroxyl groups excluding tert-OH is 3. The van der Waals surface area contributed by atoms with E-state index in [9.17, 15) is 14.7 Å². The Bertz CT molecular complexity index is 687. The molecule has 1 aromatic carbocycles. The zero-order valence-electron chi connectivity index (χ0n) is 14.1. The van der Waals surface area contributed by atoms with Crippen molar-refractivity contribution in [2.75, 3.05) is 45.7 Å². The second-order valence-corrected chi connectivity index (χ2v) is 8.55. The van der Waals surface area contributed by atoms with Crippen molar-refractivity contribution in [3.63, 3.8) is 0 Å². The van der Waals surface area contributed by atoms with E-state index in [2.05, 4.69) is 10.6 Å². The summed E-state index contributed by atoms with van der Waals surface area (Å²) in [6, 6.07) is 0. The monoisotopic (exact) mass is 703 g/mol. The van der Waals surface area contributed by atoms with Crippen LogP contribution in [-0.4, -0.2) is 78.5 Å². The molecule has 0 saturated heterocycles. The van der Waals surface area contributed by atoms with E-state index in [-0.39, 0.29) is 31.5 Å². The van der Waals surface area contributed by atoms with Crippen molar-refractivity contribution in [1.82, 2.24) is 10.2 Å². The van der Waals surface area contributed by atoms with Gasteiger partial charge in [-0.3, -0.25) is 9.59 Å². The minimum absolute atomic E-state index is 0.0333. The van der Waals surface area contributed by atoms with Gasteiger partial charge in [0.1, 0.15) is 0 Å². The molecule has 0 saturated carbocycles. The number of nitrogens with one attached hydrogen (secondary N) is 2. The standard InChI is InChI=1S/C15H20I3N3O5/c1-19-13-11(17)8(14(25)20-3-4-22)10(16)9(12(13)18)15(26)21(2)5-7(24)6-23/h7,19,22-24H,3-6H2,1-2H3,(H,20,25). The highest BCUT2D eigenvalue weighted by Crippen LogP contribution is 2.36. The second kappa shape index (κ2) is 11.1. The number of aliphatic hydroxyl groups is 3. The summed E-state index contributed by atoms with van der Waals surface area (Å²) >= 11 is 6.06. The maximum absolute atomic E-state index is 12.9. The third-order valence-corrected chi connectivity index (χ3v) is 6.68. The molecular weight excluding hydrogens is 683 g/mol. The van der Waals surface area contributed by atoms with Crippen LogP contribution in [0.1, 0.15) is 20.7 Å². The Hall–Kier alpha value is 0.0300. The topological polar surface area (TPSA) is 122 Å². The molecule has 0 aliphatic rings. The predicted octanol–water partition coefficient (Wildman–Crippen LogP) is 0.689. The highest BCUT2D eigenvalue weighted by Gasteiger charge is 2.29. The van der Waals surface area contributed by atoms with Crippen LogP contribution >= 0.6 is 67.8 Å². The van der Waals surface area contributed by atoms with E-state index in [1.807, 2.05) is 67.8 Å². The first-order chi connectivity index (χ1) is 12.2. The van der Waals surface area contributed by atoms with E-state index >= 15 is 0 Å². The average Bonchev–Trinajstić information content (AvgIpc) is 2.59. The molecule has 0 bridgehead atoms. The van der Waals surface area contributed by atoms with Crippen LogP contribution in [0.15, 0.2) is 0 Å². The predicted molar refractivity (Wildman–Crippen MR) is 124 cm³/mol. The third kappa shape index (κ3) is 5.52. The van der Waals surface area contributed by atoms with E-state index < -0.39 is 12.7 Å². The second-order valence-electron chi connectivity index (χ2n) is 5.32. The summed E-state index contributed by atoms with van der Waals surface area (Å²) in [5.41, 5.74) is 1.35. The highest BCUT2D eigenvalue weighted by molar-refractivity contribution is 14.1. The number of rotatable bonds is 8. The fourth-order valence-corrected chi connectivity index (χ4v) is 6.83. The molecule has 0 spiro atoms. The summed E-state index contributed by atoms with van der Waals surface area (Å²) in [6.07, 6.45) is -1.04. The number of hydrogen-bond donors (Lipinski definition) is 5. The minimum atomic E-state index is -1.04. The van der Waals surface area contributed by atoms with Crippen molar-refractivity contribution in [2.45, 2.75) is 6.10 Å². The third-order valence-electron chi connectivity index (χ3n) is 3.45. The SMILES string of the molecule is CNc1c(I)c(C(=O)NCCO)c(I)c(C(=O)N(C)CC(O)CO)c1I. The van der Waals surface area contributed by atoms with Crippen LogP contribution in [0.25, 0.3) is 0 Å². The van der Waals surface area contributed by atoms with Crippen LogP contribution in [0.4, 0.5) is 5.69 Å². The lowest BCUT2D eigenvalue weighted by atomic mass is 10.1. The number of amides is 2. The molecule has 26 heavy (non-hydrogen) atoms. The van der Waals surface area contributed by atoms with Gasteiger partial charge in [-0.25, -0.2) is 0 Å². The summed E-state index contributed by atoms with van der Waals surface area (Å²) in [6.45, 7) is -0.559. The summed E-state index contributed by atoms with van der Waals surface area (Å²) in [4.78, 5) is 26.8. The van der Waals surface area contributed by atoms with Gasteiger partial charge in [-0.2, -0.15) is 0 Å². The van der Waals surface area contributed by atoms with Gasteiger partial charge in [-0.05, 0) is 67.8 Å². The van der Waals surface area contributed by atoms with Gasteiger partial charge in [0.05, 0.1) is 43.3 Å². The molecule has 0 heterocycles. The van der Waals surface area contributed by atoms with Crippen molar-refractivity contribution < 1.29 is 24.9 Å². The number of hydrogen-bond acceptors (Lipinski definition) is 6.